The number of rotatable bonds is 0. The molecule has 0 saturated carbocycles. The molecule has 0 rings (SSSR count). The van der Waals surface area contributed by atoms with Crippen LogP contribution in [-0.2, 0) is 0 Å². The van der Waals surface area contributed by atoms with Crippen molar-refractivity contribution >= 4 is 6.21 Å². The maximum atomic E-state index is 7.44. The molecule has 0 aliphatic rings. The Labute approximate surface area is 68.7 Å². The molecule has 0 aromatic carbocycles. The summed E-state index contributed by atoms with van der Waals surface area (Å²) in [6, 6.07) is 0. The Morgan fingerprint density at radius 2 is 1.75 bits per heavy atom. The standard InChI is InChI=1S/C2H4N.K/c1-2-3;/h2H,1H3;/q-1;+1. The van der Waals surface area contributed by atoms with Crippen LogP contribution in [0.25, 0.3) is 5.41 Å². The molecule has 2 heteroatoms. The first-order chi connectivity index (χ1) is 1.41. The number of hydrogen-bond donors (Lipinski definition) is 0. The van der Waals surface area contributed by atoms with E-state index in [1.165, 1.54) is 0 Å². The normalized spacial score (nSPS) is 3.25. The molecule has 0 aliphatic heterocycles. The maximum absolute atomic E-state index is 7.44. The Hall–Kier alpha value is 1.31. The van der Waals surface area contributed by atoms with Crippen LogP contribution in [0.15, 0.2) is 0 Å². The molecule has 18 valence electrons. The number of hydrogen-bond acceptors (Lipinski definition) is 0. The van der Waals surface area contributed by atoms with Crippen molar-refractivity contribution in [2.24, 2.45) is 0 Å². The molecule has 0 amide bonds. The van der Waals surface area contributed by atoms with E-state index in [1.54, 1.807) is 6.92 Å². The third kappa shape index (κ3) is 10.3. The first kappa shape index (κ1) is 9.00. The van der Waals surface area contributed by atoms with E-state index in [0.29, 0.717) is 0 Å². The minimum Gasteiger partial charge on any atom is -0.814 e. The Balaban J connectivity index is 0. The van der Waals surface area contributed by atoms with Crippen molar-refractivity contribution in [3.8, 4) is 0 Å². The molecular weight excluding hydrogens is 77.1 g/mol. The van der Waals surface area contributed by atoms with Gasteiger partial charge in [-0.2, -0.15) is 0 Å². The van der Waals surface area contributed by atoms with Gasteiger partial charge < -0.3 is 5.41 Å². The van der Waals surface area contributed by atoms with Crippen LogP contribution in [0.1, 0.15) is 6.92 Å². The molecule has 0 aliphatic carbocycles. The second kappa shape index (κ2) is 8.85. The Kier molecular flexibility index (Phi) is 19.9. The third-order valence-corrected chi connectivity index (χ3v) is 0. The van der Waals surface area contributed by atoms with Gasteiger partial charge >= 0.3 is 51.4 Å². The van der Waals surface area contributed by atoms with Crippen molar-refractivity contribution in [3.05, 3.63) is 5.41 Å². The van der Waals surface area contributed by atoms with Crippen LogP contribution < -0.4 is 51.4 Å². The molecule has 0 unspecified atom stereocenters. The van der Waals surface area contributed by atoms with Gasteiger partial charge in [-0.25, -0.2) is 6.21 Å². The molecule has 0 N–H and O–H groups in total. The van der Waals surface area contributed by atoms with Crippen LogP contribution in [0.4, 0.5) is 0 Å². The van der Waals surface area contributed by atoms with E-state index in [-0.39, 0.29) is 51.4 Å². The van der Waals surface area contributed by atoms with Crippen LogP contribution in [0.3, 0.4) is 0 Å². The van der Waals surface area contributed by atoms with Crippen molar-refractivity contribution in [2.75, 3.05) is 0 Å². The molecule has 0 fully saturated rings. The average Bonchev–Trinajstić information content (AvgIpc) is 0.918. The van der Waals surface area contributed by atoms with Gasteiger partial charge in [0, 0.05) is 0 Å². The van der Waals surface area contributed by atoms with Gasteiger partial charge in [0.05, 0.1) is 0 Å². The van der Waals surface area contributed by atoms with Gasteiger partial charge in [0.1, 0.15) is 0 Å². The maximum Gasteiger partial charge on any atom is 1.00 e. The number of nitrogens with zero attached hydrogens (tertiary/aromatic N) is 1. The van der Waals surface area contributed by atoms with Gasteiger partial charge in [0.25, 0.3) is 0 Å². The monoisotopic (exact) mass is 81.0 g/mol. The fraction of sp³-hybridized carbons (Fsp3) is 0.500. The van der Waals surface area contributed by atoms with Gasteiger partial charge in [-0.3, -0.25) is 0 Å². The Bertz CT molecular complexity index is 13.5. The predicted molar refractivity (Wildman–Crippen MR) is 15.1 cm³/mol. The summed E-state index contributed by atoms with van der Waals surface area (Å²) in [6.07, 6.45) is 1.00. The quantitative estimate of drug-likeness (QED) is 0.230. The van der Waals surface area contributed by atoms with Crippen LogP contribution in [-0.4, -0.2) is 6.21 Å². The van der Waals surface area contributed by atoms with Crippen molar-refractivity contribution in [2.45, 2.75) is 6.92 Å². The fourth-order valence-corrected chi connectivity index (χ4v) is 0. The van der Waals surface area contributed by atoms with E-state index in [2.05, 4.69) is 0 Å². The van der Waals surface area contributed by atoms with E-state index in [1.807, 2.05) is 0 Å². The molecule has 0 bridgehead atoms. The molecule has 4 heavy (non-hydrogen) atoms. The van der Waals surface area contributed by atoms with E-state index in [9.17, 15) is 0 Å². The van der Waals surface area contributed by atoms with Crippen molar-refractivity contribution < 1.29 is 51.4 Å². The predicted octanol–water partition coefficient (Wildman–Crippen LogP) is -2.35. The van der Waals surface area contributed by atoms with E-state index < -0.39 is 0 Å². The van der Waals surface area contributed by atoms with Gasteiger partial charge in [-0.15, -0.1) is 0 Å². The van der Waals surface area contributed by atoms with Crippen LogP contribution in [0.2, 0.25) is 0 Å². The molecule has 0 atom stereocenters. The second-order valence-corrected chi connectivity index (χ2v) is 0.258. The zero-order valence-electron chi connectivity index (χ0n) is 3.02. The first-order valence-corrected chi connectivity index (χ1v) is 0.836. The van der Waals surface area contributed by atoms with Gasteiger partial charge in [-0.05, 0) is 0 Å². The first-order valence-electron chi connectivity index (χ1n) is 0.836. The van der Waals surface area contributed by atoms with E-state index in [4.69, 9.17) is 5.41 Å². The Morgan fingerprint density at radius 1 is 1.75 bits per heavy atom. The summed E-state index contributed by atoms with van der Waals surface area (Å²) in [5.74, 6) is 0. The van der Waals surface area contributed by atoms with E-state index in [0.717, 1.165) is 6.21 Å². The molecule has 0 aromatic heterocycles. The molecule has 0 spiro atoms. The molecule has 0 heterocycles. The molecule has 1 nitrogen and oxygen atoms in total. The molecule has 0 aromatic rings. The zero-order chi connectivity index (χ0) is 2.71. The summed E-state index contributed by atoms with van der Waals surface area (Å²) in [4.78, 5) is 0. The molecular formula is C2H4KN. The van der Waals surface area contributed by atoms with Crippen molar-refractivity contribution in [3.63, 3.8) is 0 Å². The fourth-order valence-electron chi connectivity index (χ4n) is 0. The summed E-state index contributed by atoms with van der Waals surface area (Å²) in [7, 11) is 0. The van der Waals surface area contributed by atoms with Crippen LogP contribution in [0, 0.1) is 0 Å². The topological polar surface area (TPSA) is 22.3 Å². The van der Waals surface area contributed by atoms with E-state index >= 15 is 0 Å². The van der Waals surface area contributed by atoms with Gasteiger partial charge in [0.15, 0.2) is 0 Å². The minimum atomic E-state index is 0. The van der Waals surface area contributed by atoms with Crippen molar-refractivity contribution in [1.82, 2.24) is 0 Å². The largest absolute Gasteiger partial charge is 1.00 e. The average molecular weight is 81.2 g/mol. The van der Waals surface area contributed by atoms with Gasteiger partial charge in [0.2, 0.25) is 0 Å². The molecule has 0 saturated heterocycles. The van der Waals surface area contributed by atoms with Gasteiger partial charge in [-0.1, -0.05) is 6.92 Å². The summed E-state index contributed by atoms with van der Waals surface area (Å²) in [5, 5.41) is 7.44. The third-order valence-electron chi connectivity index (χ3n) is 0. The smallest absolute Gasteiger partial charge is 0.814 e. The zero-order valence-corrected chi connectivity index (χ0v) is 6.15. The van der Waals surface area contributed by atoms with Crippen LogP contribution >= 0.6 is 0 Å². The summed E-state index contributed by atoms with van der Waals surface area (Å²) in [6.45, 7) is 1.56. The molecule has 0 radical (unpaired) electrons. The second-order valence-electron chi connectivity index (χ2n) is 0.258. The SMILES string of the molecule is CC=[N-].[K+]. The Morgan fingerprint density at radius 3 is 1.75 bits per heavy atom. The summed E-state index contributed by atoms with van der Waals surface area (Å²) in [5.41, 5.74) is 0. The minimum absolute atomic E-state index is 0. The van der Waals surface area contributed by atoms with Crippen molar-refractivity contribution in [1.29, 1.82) is 0 Å². The summed E-state index contributed by atoms with van der Waals surface area (Å²) >= 11 is 0. The van der Waals surface area contributed by atoms with Crippen LogP contribution in [0.5, 0.6) is 0 Å². The summed E-state index contributed by atoms with van der Waals surface area (Å²) < 4.78 is 0.